The van der Waals surface area contributed by atoms with Crippen molar-refractivity contribution in [2.24, 2.45) is 17.6 Å². The Morgan fingerprint density at radius 1 is 1.41 bits per heavy atom. The van der Waals surface area contributed by atoms with Crippen molar-refractivity contribution in [1.29, 1.82) is 0 Å². The van der Waals surface area contributed by atoms with E-state index in [4.69, 9.17) is 5.73 Å². The SMILES string of the molecule is CC(C)CS(=O)(=O)CC(=O)NCC(N)C1CC1. The number of hydrogen-bond donors (Lipinski definition) is 2. The Kier molecular flexibility index (Phi) is 4.94. The van der Waals surface area contributed by atoms with E-state index < -0.39 is 21.5 Å². The molecule has 1 amide bonds. The first-order chi connectivity index (χ1) is 7.80. The maximum atomic E-state index is 11.6. The first kappa shape index (κ1) is 14.4. The van der Waals surface area contributed by atoms with Crippen molar-refractivity contribution in [3.63, 3.8) is 0 Å². The zero-order chi connectivity index (χ0) is 13.1. The van der Waals surface area contributed by atoms with Gasteiger partial charge in [0.1, 0.15) is 5.75 Å². The van der Waals surface area contributed by atoms with Crippen LogP contribution in [0.1, 0.15) is 26.7 Å². The molecule has 0 aromatic carbocycles. The lowest BCUT2D eigenvalue weighted by atomic mass is 10.2. The minimum absolute atomic E-state index is 0.0354. The average Bonchev–Trinajstić information content (AvgIpc) is 2.93. The lowest BCUT2D eigenvalue weighted by molar-refractivity contribution is -0.118. The summed E-state index contributed by atoms with van der Waals surface area (Å²) in [7, 11) is -3.29. The molecule has 0 heterocycles. The molecule has 0 aromatic heterocycles. The summed E-state index contributed by atoms with van der Waals surface area (Å²) in [6, 6.07) is -0.0354. The van der Waals surface area contributed by atoms with Gasteiger partial charge >= 0.3 is 0 Å². The average molecular weight is 262 g/mol. The molecule has 0 aliphatic heterocycles. The molecular weight excluding hydrogens is 240 g/mol. The Morgan fingerprint density at radius 3 is 2.47 bits per heavy atom. The van der Waals surface area contributed by atoms with E-state index in [0.29, 0.717) is 12.5 Å². The van der Waals surface area contributed by atoms with E-state index in [1.54, 1.807) is 0 Å². The number of hydrogen-bond acceptors (Lipinski definition) is 4. The quantitative estimate of drug-likeness (QED) is 0.671. The summed E-state index contributed by atoms with van der Waals surface area (Å²) >= 11 is 0. The molecule has 5 nitrogen and oxygen atoms in total. The number of sulfone groups is 1. The summed E-state index contributed by atoms with van der Waals surface area (Å²) in [5, 5.41) is 2.59. The van der Waals surface area contributed by atoms with Crippen molar-refractivity contribution in [1.82, 2.24) is 5.32 Å². The Morgan fingerprint density at radius 2 is 2.00 bits per heavy atom. The highest BCUT2D eigenvalue weighted by atomic mass is 32.2. The van der Waals surface area contributed by atoms with Gasteiger partial charge in [-0.25, -0.2) is 8.42 Å². The van der Waals surface area contributed by atoms with E-state index in [1.165, 1.54) is 0 Å². The van der Waals surface area contributed by atoms with Crippen molar-refractivity contribution in [3.05, 3.63) is 0 Å². The van der Waals surface area contributed by atoms with E-state index in [2.05, 4.69) is 5.32 Å². The zero-order valence-electron chi connectivity index (χ0n) is 10.5. The van der Waals surface area contributed by atoms with E-state index >= 15 is 0 Å². The van der Waals surface area contributed by atoms with Crippen LogP contribution in [0.2, 0.25) is 0 Å². The molecule has 6 heteroatoms. The molecule has 0 aromatic rings. The molecule has 1 fully saturated rings. The topological polar surface area (TPSA) is 89.3 Å². The predicted octanol–water partition coefficient (Wildman–Crippen LogP) is -0.0893. The van der Waals surface area contributed by atoms with Crippen molar-refractivity contribution >= 4 is 15.7 Å². The van der Waals surface area contributed by atoms with E-state index in [-0.39, 0.29) is 17.7 Å². The van der Waals surface area contributed by atoms with Crippen LogP contribution in [0, 0.1) is 11.8 Å². The summed E-state index contributed by atoms with van der Waals surface area (Å²) in [5.41, 5.74) is 5.81. The van der Waals surface area contributed by atoms with Crippen LogP contribution in [0.25, 0.3) is 0 Å². The highest BCUT2D eigenvalue weighted by Gasteiger charge is 2.28. The number of carbonyl (C=O) groups is 1. The van der Waals surface area contributed by atoms with Crippen LogP contribution >= 0.6 is 0 Å². The van der Waals surface area contributed by atoms with Gasteiger partial charge in [-0.05, 0) is 24.7 Å². The van der Waals surface area contributed by atoms with Gasteiger partial charge in [0.15, 0.2) is 9.84 Å². The maximum Gasteiger partial charge on any atom is 0.235 e. The highest BCUT2D eigenvalue weighted by molar-refractivity contribution is 7.92. The standard InChI is InChI=1S/C11H22N2O3S/c1-8(2)6-17(15,16)7-11(14)13-5-10(12)9-3-4-9/h8-10H,3-7,12H2,1-2H3,(H,13,14). The highest BCUT2D eigenvalue weighted by Crippen LogP contribution is 2.31. The maximum absolute atomic E-state index is 11.6. The second-order valence-corrected chi connectivity index (χ2v) is 7.36. The van der Waals surface area contributed by atoms with Crippen molar-refractivity contribution in [2.75, 3.05) is 18.1 Å². The molecule has 0 spiro atoms. The summed E-state index contributed by atoms with van der Waals surface area (Å²) < 4.78 is 23.1. The van der Waals surface area contributed by atoms with Crippen molar-refractivity contribution < 1.29 is 13.2 Å². The Balaban J connectivity index is 2.28. The van der Waals surface area contributed by atoms with E-state index in [0.717, 1.165) is 12.8 Å². The van der Waals surface area contributed by atoms with Gasteiger partial charge in [0.05, 0.1) is 5.75 Å². The van der Waals surface area contributed by atoms with Gasteiger partial charge in [0.2, 0.25) is 5.91 Å². The van der Waals surface area contributed by atoms with Crippen LogP contribution in [-0.4, -0.2) is 38.4 Å². The fraction of sp³-hybridized carbons (Fsp3) is 0.909. The Bertz CT molecular complexity index is 361. The van der Waals surface area contributed by atoms with Crippen LogP contribution in [0.5, 0.6) is 0 Å². The third-order valence-corrected chi connectivity index (χ3v) is 4.58. The monoisotopic (exact) mass is 262 g/mol. The fourth-order valence-electron chi connectivity index (χ4n) is 1.74. The molecule has 1 aliphatic carbocycles. The van der Waals surface area contributed by atoms with Gasteiger partial charge in [-0.15, -0.1) is 0 Å². The van der Waals surface area contributed by atoms with Crippen molar-refractivity contribution in [3.8, 4) is 0 Å². The molecule has 1 aliphatic rings. The summed E-state index contributed by atoms with van der Waals surface area (Å²) in [4.78, 5) is 11.4. The minimum Gasteiger partial charge on any atom is -0.354 e. The van der Waals surface area contributed by atoms with Crippen LogP contribution in [0.3, 0.4) is 0 Å². The largest absolute Gasteiger partial charge is 0.354 e. The fourth-order valence-corrected chi connectivity index (χ4v) is 3.38. The van der Waals surface area contributed by atoms with Gasteiger partial charge in [0, 0.05) is 12.6 Å². The molecule has 1 saturated carbocycles. The number of nitrogens with one attached hydrogen (secondary N) is 1. The van der Waals surface area contributed by atoms with Crippen LogP contribution < -0.4 is 11.1 Å². The number of nitrogens with two attached hydrogens (primary N) is 1. The summed E-state index contributed by atoms with van der Waals surface area (Å²) in [6.07, 6.45) is 2.23. The summed E-state index contributed by atoms with van der Waals surface area (Å²) in [6.45, 7) is 4.01. The molecule has 1 atom stereocenters. The smallest absolute Gasteiger partial charge is 0.235 e. The lowest BCUT2D eigenvalue weighted by Crippen LogP contribution is -2.41. The van der Waals surface area contributed by atoms with Crippen LogP contribution in [0.15, 0.2) is 0 Å². The van der Waals surface area contributed by atoms with Crippen LogP contribution in [0.4, 0.5) is 0 Å². The molecule has 0 radical (unpaired) electrons. The van der Waals surface area contributed by atoms with E-state index in [1.807, 2.05) is 13.8 Å². The summed E-state index contributed by atoms with van der Waals surface area (Å²) in [5.74, 6) is -0.275. The molecule has 0 saturated heterocycles. The van der Waals surface area contributed by atoms with Gasteiger partial charge < -0.3 is 11.1 Å². The Labute approximate surface area is 103 Å². The molecule has 3 N–H and O–H groups in total. The Hall–Kier alpha value is -0.620. The second-order valence-electron chi connectivity index (χ2n) is 5.25. The zero-order valence-corrected chi connectivity index (χ0v) is 11.3. The molecular formula is C11H22N2O3S. The molecule has 1 unspecified atom stereocenters. The molecule has 1 rings (SSSR count). The van der Waals surface area contributed by atoms with Crippen LogP contribution in [-0.2, 0) is 14.6 Å². The second kappa shape index (κ2) is 5.82. The lowest BCUT2D eigenvalue weighted by Gasteiger charge is -2.12. The molecule has 100 valence electrons. The predicted molar refractivity (Wildman–Crippen MR) is 67.2 cm³/mol. The van der Waals surface area contributed by atoms with Crippen molar-refractivity contribution in [2.45, 2.75) is 32.7 Å². The third-order valence-electron chi connectivity index (χ3n) is 2.70. The number of rotatable bonds is 7. The van der Waals surface area contributed by atoms with Gasteiger partial charge in [0.25, 0.3) is 0 Å². The molecule has 0 bridgehead atoms. The number of carbonyl (C=O) groups excluding carboxylic acids is 1. The molecule has 17 heavy (non-hydrogen) atoms. The van der Waals surface area contributed by atoms with Gasteiger partial charge in [-0.1, -0.05) is 13.8 Å². The first-order valence-electron chi connectivity index (χ1n) is 6.03. The van der Waals surface area contributed by atoms with Gasteiger partial charge in [-0.3, -0.25) is 4.79 Å². The van der Waals surface area contributed by atoms with Gasteiger partial charge in [-0.2, -0.15) is 0 Å². The van der Waals surface area contributed by atoms with E-state index in [9.17, 15) is 13.2 Å². The third kappa shape index (κ3) is 6.02. The minimum atomic E-state index is -3.29. The normalized spacial score (nSPS) is 18.1. The number of amides is 1. The first-order valence-corrected chi connectivity index (χ1v) is 7.85.